The number of nitriles is 1. The maximum absolute atomic E-state index is 12.6. The topological polar surface area (TPSA) is 95.2 Å². The molecule has 0 aliphatic carbocycles. The van der Waals surface area contributed by atoms with Crippen LogP contribution in [0.25, 0.3) is 0 Å². The summed E-state index contributed by atoms with van der Waals surface area (Å²) >= 11 is 0.964. The average molecular weight is 299 g/mol. The van der Waals surface area contributed by atoms with Crippen LogP contribution in [0.15, 0.2) is 0 Å². The van der Waals surface area contributed by atoms with Crippen molar-refractivity contribution in [3.63, 3.8) is 0 Å². The molecule has 1 aliphatic rings. The standard InChI is InChI=1S/C13H18N2O4S/c1-9-4-3-7-15(9,13(18)19)12(17)11(5-6-14)8-20-10(2)16/h9,11H,3-5,7-8H2,1-2H3/p+1/t9-,11?,15?/m1/s1. The fourth-order valence-electron chi connectivity index (χ4n) is 2.65. The van der Waals surface area contributed by atoms with E-state index in [0.717, 1.165) is 11.8 Å². The van der Waals surface area contributed by atoms with Crippen LogP contribution in [0.3, 0.4) is 0 Å². The summed E-state index contributed by atoms with van der Waals surface area (Å²) in [6.07, 6.45) is 0.144. The third-order valence-electron chi connectivity index (χ3n) is 3.79. The number of rotatable bonds is 4. The van der Waals surface area contributed by atoms with Gasteiger partial charge in [-0.05, 0) is 6.92 Å². The van der Waals surface area contributed by atoms with Crippen molar-refractivity contribution in [1.82, 2.24) is 0 Å². The van der Waals surface area contributed by atoms with E-state index in [4.69, 9.17) is 5.26 Å². The molecule has 0 saturated carbocycles. The van der Waals surface area contributed by atoms with E-state index >= 15 is 0 Å². The van der Waals surface area contributed by atoms with Gasteiger partial charge in [-0.3, -0.25) is 4.79 Å². The van der Waals surface area contributed by atoms with E-state index in [1.807, 2.05) is 6.07 Å². The van der Waals surface area contributed by atoms with Crippen molar-refractivity contribution < 1.29 is 24.0 Å². The van der Waals surface area contributed by atoms with E-state index in [0.29, 0.717) is 12.8 Å². The Bertz CT molecular complexity index is 460. The molecule has 0 aromatic carbocycles. The second-order valence-corrected chi connectivity index (χ2v) is 6.26. The van der Waals surface area contributed by atoms with Crippen molar-refractivity contribution in [1.29, 1.82) is 5.26 Å². The molecule has 3 atom stereocenters. The van der Waals surface area contributed by atoms with Crippen LogP contribution in [0, 0.1) is 17.2 Å². The lowest BCUT2D eigenvalue weighted by molar-refractivity contribution is -0.794. The Hall–Kier alpha value is -1.39. The van der Waals surface area contributed by atoms with Crippen molar-refractivity contribution in [2.75, 3.05) is 12.3 Å². The minimum absolute atomic E-state index is 0.0564. The molecule has 2 unspecified atom stereocenters. The van der Waals surface area contributed by atoms with Gasteiger partial charge in [0.1, 0.15) is 6.04 Å². The molecular weight excluding hydrogens is 280 g/mol. The maximum atomic E-state index is 12.6. The molecule has 2 amide bonds. The molecule has 7 heteroatoms. The SMILES string of the molecule is CC(=O)SCC(CC#N)C(=O)[N+]1(C(=O)O)CCC[C@H]1C. The Kier molecular flexibility index (Phi) is 5.72. The third-order valence-corrected chi connectivity index (χ3v) is 4.77. The minimum atomic E-state index is -1.16. The largest absolute Gasteiger partial charge is 0.521 e. The van der Waals surface area contributed by atoms with Crippen LogP contribution in [-0.2, 0) is 9.59 Å². The molecule has 1 rings (SSSR count). The molecule has 0 spiro atoms. The summed E-state index contributed by atoms with van der Waals surface area (Å²) in [5, 5.41) is 18.2. The molecule has 1 saturated heterocycles. The van der Waals surface area contributed by atoms with Crippen LogP contribution in [0.1, 0.15) is 33.1 Å². The number of nitrogens with zero attached hydrogens (tertiary/aromatic N) is 2. The molecule has 1 aliphatic heterocycles. The second-order valence-electron chi connectivity index (χ2n) is 5.07. The summed E-state index contributed by atoms with van der Waals surface area (Å²) < 4.78 is -0.606. The van der Waals surface area contributed by atoms with Crippen LogP contribution in [0.2, 0.25) is 0 Å². The monoisotopic (exact) mass is 299 g/mol. The van der Waals surface area contributed by atoms with Gasteiger partial charge in [0.05, 0.1) is 25.0 Å². The van der Waals surface area contributed by atoms with Gasteiger partial charge in [0, 0.05) is 25.5 Å². The molecular formula is C13H19N2O4S+. The number of imide groups is 1. The van der Waals surface area contributed by atoms with Gasteiger partial charge in [-0.2, -0.15) is 14.5 Å². The number of amides is 2. The number of hydrogen-bond donors (Lipinski definition) is 1. The molecule has 20 heavy (non-hydrogen) atoms. The van der Waals surface area contributed by atoms with Crippen LogP contribution in [-0.4, -0.2) is 45.0 Å². The van der Waals surface area contributed by atoms with Gasteiger partial charge in [-0.1, -0.05) is 11.8 Å². The van der Waals surface area contributed by atoms with Gasteiger partial charge in [-0.25, -0.2) is 4.79 Å². The minimum Gasteiger partial charge on any atom is -0.435 e. The molecule has 0 bridgehead atoms. The summed E-state index contributed by atoms with van der Waals surface area (Å²) in [6, 6.07) is 1.63. The zero-order valence-electron chi connectivity index (χ0n) is 11.7. The molecule has 0 aromatic heterocycles. The quantitative estimate of drug-likeness (QED) is 0.798. The number of thioether (sulfide) groups is 1. The van der Waals surface area contributed by atoms with E-state index in [-0.39, 0.29) is 29.9 Å². The summed E-state index contributed by atoms with van der Waals surface area (Å²) in [5.74, 6) is -0.995. The van der Waals surface area contributed by atoms with Crippen LogP contribution in [0.4, 0.5) is 4.79 Å². The van der Waals surface area contributed by atoms with Gasteiger partial charge in [0.2, 0.25) is 0 Å². The van der Waals surface area contributed by atoms with Crippen molar-refractivity contribution in [2.24, 2.45) is 5.92 Å². The number of carbonyl (C=O) groups excluding carboxylic acids is 2. The number of hydrogen-bond acceptors (Lipinski definition) is 5. The van der Waals surface area contributed by atoms with Crippen LogP contribution in [0.5, 0.6) is 0 Å². The fourth-order valence-corrected chi connectivity index (χ4v) is 3.35. The number of likely N-dealkylation sites (tertiary alicyclic amines) is 1. The summed E-state index contributed by atoms with van der Waals surface area (Å²) in [6.45, 7) is 3.40. The van der Waals surface area contributed by atoms with Crippen molar-refractivity contribution >= 4 is 28.9 Å². The molecule has 1 heterocycles. The van der Waals surface area contributed by atoms with Gasteiger partial charge >= 0.3 is 12.0 Å². The molecule has 0 aromatic rings. The first-order chi connectivity index (χ1) is 9.36. The van der Waals surface area contributed by atoms with Gasteiger partial charge in [-0.15, -0.1) is 0 Å². The Balaban J connectivity index is 2.99. The summed E-state index contributed by atoms with van der Waals surface area (Å²) in [5.41, 5.74) is 0. The second kappa shape index (κ2) is 6.86. The van der Waals surface area contributed by atoms with Gasteiger partial charge in [0.15, 0.2) is 5.12 Å². The zero-order valence-corrected chi connectivity index (χ0v) is 12.5. The highest BCUT2D eigenvalue weighted by Gasteiger charge is 2.54. The van der Waals surface area contributed by atoms with E-state index < -0.39 is 22.4 Å². The highest BCUT2D eigenvalue weighted by atomic mass is 32.2. The lowest BCUT2D eigenvalue weighted by Crippen LogP contribution is -2.60. The Labute approximate surface area is 122 Å². The highest BCUT2D eigenvalue weighted by molar-refractivity contribution is 8.13. The first kappa shape index (κ1) is 16.7. The maximum Gasteiger partial charge on any atom is 0.521 e. The Morgan fingerprint density at radius 3 is 2.55 bits per heavy atom. The molecule has 110 valence electrons. The highest BCUT2D eigenvalue weighted by Crippen LogP contribution is 2.31. The molecule has 1 fully saturated rings. The normalized spacial score (nSPS) is 26.8. The van der Waals surface area contributed by atoms with E-state index in [9.17, 15) is 19.5 Å². The molecule has 0 radical (unpaired) electrons. The Morgan fingerprint density at radius 2 is 2.15 bits per heavy atom. The number of carboxylic acid groups (broad SMARTS) is 1. The zero-order chi connectivity index (χ0) is 15.3. The smallest absolute Gasteiger partial charge is 0.435 e. The van der Waals surface area contributed by atoms with E-state index in [1.165, 1.54) is 6.92 Å². The van der Waals surface area contributed by atoms with Crippen molar-refractivity contribution in [3.05, 3.63) is 0 Å². The fraction of sp³-hybridized carbons (Fsp3) is 0.692. The van der Waals surface area contributed by atoms with E-state index in [1.54, 1.807) is 6.92 Å². The van der Waals surface area contributed by atoms with Crippen LogP contribution >= 0.6 is 11.8 Å². The van der Waals surface area contributed by atoms with E-state index in [2.05, 4.69) is 0 Å². The van der Waals surface area contributed by atoms with Gasteiger partial charge < -0.3 is 5.11 Å². The van der Waals surface area contributed by atoms with Gasteiger partial charge in [0.25, 0.3) is 0 Å². The predicted octanol–water partition coefficient (Wildman–Crippen LogP) is 2.00. The predicted molar refractivity (Wildman–Crippen MR) is 73.7 cm³/mol. The average Bonchev–Trinajstić information content (AvgIpc) is 2.76. The Morgan fingerprint density at radius 1 is 1.50 bits per heavy atom. The van der Waals surface area contributed by atoms with Crippen LogP contribution < -0.4 is 0 Å². The molecule has 6 nitrogen and oxygen atoms in total. The number of carbonyl (C=O) groups is 3. The lowest BCUT2D eigenvalue weighted by atomic mass is 10.0. The first-order valence-corrected chi connectivity index (χ1v) is 7.50. The number of quaternary nitrogens is 1. The third kappa shape index (κ3) is 3.19. The van der Waals surface area contributed by atoms with Crippen molar-refractivity contribution in [3.8, 4) is 6.07 Å². The lowest BCUT2D eigenvalue weighted by Gasteiger charge is -2.32. The molecule has 1 N–H and O–H groups in total. The summed E-state index contributed by atoms with van der Waals surface area (Å²) in [7, 11) is 0. The first-order valence-electron chi connectivity index (χ1n) is 6.52. The summed E-state index contributed by atoms with van der Waals surface area (Å²) in [4.78, 5) is 35.3. The van der Waals surface area contributed by atoms with Crippen molar-refractivity contribution in [2.45, 2.75) is 39.2 Å².